The zero-order valence-corrected chi connectivity index (χ0v) is 16.0. The molecule has 0 aromatic heterocycles. The van der Waals surface area contributed by atoms with Crippen molar-refractivity contribution in [3.05, 3.63) is 35.7 Å². The van der Waals surface area contributed by atoms with E-state index in [1.54, 1.807) is 18.2 Å². The summed E-state index contributed by atoms with van der Waals surface area (Å²) in [6.07, 6.45) is 8.92. The molecule has 6 nitrogen and oxygen atoms in total. The Morgan fingerprint density at radius 3 is 0.864 bits per heavy atom. The van der Waals surface area contributed by atoms with Crippen molar-refractivity contribution in [3.8, 4) is 0 Å². The highest BCUT2D eigenvalue weighted by atomic mass is 31.2. The van der Waals surface area contributed by atoms with Gasteiger partial charge in [-0.3, -0.25) is 13.7 Å². The maximum absolute atomic E-state index is 10.5. The third kappa shape index (κ3) is 10.2. The lowest BCUT2D eigenvalue weighted by atomic mass is 10.5. The van der Waals surface area contributed by atoms with Gasteiger partial charge < -0.3 is 14.7 Å². The van der Waals surface area contributed by atoms with Crippen LogP contribution < -0.4 is 0 Å². The van der Waals surface area contributed by atoms with Crippen molar-refractivity contribution in [3.63, 3.8) is 0 Å². The van der Waals surface area contributed by atoms with E-state index in [-0.39, 0.29) is 17.4 Å². The fourth-order valence-electron chi connectivity index (χ4n) is 1.72. The molecule has 10 heteroatoms. The van der Waals surface area contributed by atoms with E-state index in [4.69, 9.17) is 14.7 Å². The van der Waals surface area contributed by atoms with E-state index in [0.29, 0.717) is 18.5 Å². The Morgan fingerprint density at radius 2 is 0.818 bits per heavy atom. The fourth-order valence-corrected chi connectivity index (χ4v) is 5.16. The highest BCUT2D eigenvalue weighted by molar-refractivity contribution is 7.62. The summed E-state index contributed by atoms with van der Waals surface area (Å²) in [4.78, 5) is 26.0. The molecule has 3 aliphatic rings. The molecule has 3 aliphatic heterocycles. The quantitative estimate of drug-likeness (QED) is 0.439. The Balaban J connectivity index is 0.000000294. The number of rotatable bonds is 0. The maximum atomic E-state index is 10.5. The molecule has 0 saturated heterocycles. The van der Waals surface area contributed by atoms with E-state index in [1.165, 1.54) is 17.5 Å². The van der Waals surface area contributed by atoms with Crippen molar-refractivity contribution in [1.29, 1.82) is 0 Å². The monoisotopic (exact) mass is 381 g/mol. The standard InChI is InChI=1S/3C4H7O2P.Al/c3*5-7(6)3-1-2-4-7;/h3*1,3H,2,4H2,(H,5,6);. The van der Waals surface area contributed by atoms with Gasteiger partial charge in [-0.05, 0) is 36.7 Å². The SMILES string of the molecule is O=P1(O)C=CCC1.O=P1(O)C=CCC1.O=P1(O)C=CCC1.[Al]. The molecule has 3 unspecified atom stereocenters. The van der Waals surface area contributed by atoms with E-state index < -0.39 is 22.1 Å². The van der Waals surface area contributed by atoms with Crippen molar-refractivity contribution < 1.29 is 28.4 Å². The predicted molar refractivity (Wildman–Crippen MR) is 91.1 cm³/mol. The predicted octanol–water partition coefficient (Wildman–Crippen LogP) is 3.14. The highest BCUT2D eigenvalue weighted by Gasteiger charge is 2.17. The van der Waals surface area contributed by atoms with E-state index in [2.05, 4.69) is 0 Å². The molecule has 0 bridgehead atoms. The summed E-state index contributed by atoms with van der Waals surface area (Å²) in [5, 5.41) is 0. The van der Waals surface area contributed by atoms with Crippen LogP contribution in [0.4, 0.5) is 0 Å². The first-order chi connectivity index (χ1) is 9.62. The van der Waals surface area contributed by atoms with E-state index >= 15 is 0 Å². The number of allylic oxidation sites excluding steroid dienone is 3. The van der Waals surface area contributed by atoms with Gasteiger partial charge in [0.15, 0.2) is 0 Å². The van der Waals surface area contributed by atoms with Gasteiger partial charge in [0.2, 0.25) is 22.1 Å². The molecular weight excluding hydrogens is 360 g/mol. The minimum Gasteiger partial charge on any atom is -0.341 e. The Bertz CT molecular complexity index is 503. The minimum absolute atomic E-state index is 0. The van der Waals surface area contributed by atoms with Crippen molar-refractivity contribution >= 4 is 39.5 Å². The molecule has 0 aliphatic carbocycles. The van der Waals surface area contributed by atoms with Gasteiger partial charge in [0, 0.05) is 35.8 Å². The van der Waals surface area contributed by atoms with Crippen LogP contribution in [0.25, 0.3) is 0 Å². The third-order valence-electron chi connectivity index (χ3n) is 2.86. The zero-order valence-electron chi connectivity index (χ0n) is 12.2. The molecule has 22 heavy (non-hydrogen) atoms. The highest BCUT2D eigenvalue weighted by Crippen LogP contribution is 2.47. The summed E-state index contributed by atoms with van der Waals surface area (Å²) in [6.45, 7) is 0. The maximum Gasteiger partial charge on any atom is 0.222 e. The van der Waals surface area contributed by atoms with Crippen LogP contribution in [-0.2, 0) is 13.7 Å². The lowest BCUT2D eigenvalue weighted by molar-refractivity contribution is 0.489. The second-order valence-electron chi connectivity index (χ2n) is 4.96. The van der Waals surface area contributed by atoms with E-state index in [1.807, 2.05) is 0 Å². The summed E-state index contributed by atoms with van der Waals surface area (Å²) in [5.74, 6) is 4.23. The first-order valence-electron chi connectivity index (χ1n) is 6.60. The van der Waals surface area contributed by atoms with Gasteiger partial charge in [-0.2, -0.15) is 0 Å². The minimum atomic E-state index is -2.72. The van der Waals surface area contributed by atoms with Gasteiger partial charge in [-0.15, -0.1) is 0 Å². The lowest BCUT2D eigenvalue weighted by Crippen LogP contribution is -1.72. The summed E-state index contributed by atoms with van der Waals surface area (Å²) in [6, 6.07) is 0. The molecule has 0 amide bonds. The molecule has 0 saturated carbocycles. The van der Waals surface area contributed by atoms with Crippen LogP contribution >= 0.6 is 22.1 Å². The van der Waals surface area contributed by atoms with Crippen LogP contribution in [0, 0.1) is 0 Å². The van der Waals surface area contributed by atoms with Crippen LogP contribution in [0.15, 0.2) is 35.7 Å². The number of hydrogen-bond acceptors (Lipinski definition) is 3. The van der Waals surface area contributed by atoms with Crippen molar-refractivity contribution in [2.45, 2.75) is 19.3 Å². The molecular formula is C12H21AlO6P3. The van der Waals surface area contributed by atoms with Crippen LogP contribution in [0.1, 0.15) is 19.3 Å². The van der Waals surface area contributed by atoms with Crippen LogP contribution in [-0.4, -0.2) is 50.5 Å². The molecule has 0 spiro atoms. The van der Waals surface area contributed by atoms with Gasteiger partial charge in [0.05, 0.1) is 0 Å². The fraction of sp³-hybridized carbons (Fsp3) is 0.500. The smallest absolute Gasteiger partial charge is 0.222 e. The third-order valence-corrected chi connectivity index (χ3v) is 7.59. The molecule has 3 atom stereocenters. The van der Waals surface area contributed by atoms with Gasteiger partial charge in [-0.25, -0.2) is 0 Å². The summed E-state index contributed by atoms with van der Waals surface area (Å²) < 4.78 is 31.4. The van der Waals surface area contributed by atoms with Crippen molar-refractivity contribution in [1.82, 2.24) is 0 Å². The molecule has 3 rings (SSSR count). The topological polar surface area (TPSA) is 112 Å². The molecule has 3 heterocycles. The van der Waals surface area contributed by atoms with Crippen molar-refractivity contribution in [2.75, 3.05) is 18.5 Å². The van der Waals surface area contributed by atoms with Gasteiger partial charge in [-0.1, -0.05) is 18.2 Å². The second kappa shape index (κ2) is 9.58. The average molecular weight is 381 g/mol. The molecule has 0 aromatic carbocycles. The molecule has 123 valence electrons. The average Bonchev–Trinajstić information content (AvgIpc) is 3.03. The Morgan fingerprint density at radius 1 is 0.591 bits per heavy atom. The Hall–Kier alpha value is 0.322. The second-order valence-corrected chi connectivity index (χ2v) is 11.7. The van der Waals surface area contributed by atoms with Crippen LogP contribution in [0.3, 0.4) is 0 Å². The van der Waals surface area contributed by atoms with Gasteiger partial charge in [0.1, 0.15) is 0 Å². The van der Waals surface area contributed by atoms with Gasteiger partial charge >= 0.3 is 0 Å². The van der Waals surface area contributed by atoms with Crippen molar-refractivity contribution in [2.24, 2.45) is 0 Å². The summed E-state index contributed by atoms with van der Waals surface area (Å²) >= 11 is 0. The van der Waals surface area contributed by atoms with Gasteiger partial charge in [0.25, 0.3) is 0 Å². The Kier molecular flexibility index (Phi) is 9.72. The lowest BCUT2D eigenvalue weighted by Gasteiger charge is -1.93. The van der Waals surface area contributed by atoms with E-state index in [9.17, 15) is 13.7 Å². The first kappa shape index (κ1) is 22.3. The zero-order chi connectivity index (χ0) is 16.0. The Labute approximate surface area is 141 Å². The van der Waals surface area contributed by atoms with Crippen LogP contribution in [0.5, 0.6) is 0 Å². The summed E-state index contributed by atoms with van der Waals surface area (Å²) in [7, 11) is -8.17. The summed E-state index contributed by atoms with van der Waals surface area (Å²) in [5.41, 5.74) is 0. The molecule has 0 fully saturated rings. The largest absolute Gasteiger partial charge is 0.341 e. The number of hydrogen-bond donors (Lipinski definition) is 3. The molecule has 3 radical (unpaired) electrons. The molecule has 0 aromatic rings. The molecule has 3 N–H and O–H groups in total. The first-order valence-corrected chi connectivity index (χ1v) is 12.3. The normalized spacial score (nSPS) is 37.8. The van der Waals surface area contributed by atoms with E-state index in [0.717, 1.165) is 19.3 Å². The van der Waals surface area contributed by atoms with Crippen LogP contribution in [0.2, 0.25) is 0 Å².